The highest BCUT2D eigenvalue weighted by atomic mass is 16.7. The van der Waals surface area contributed by atoms with E-state index in [4.69, 9.17) is 23.4 Å². The van der Waals surface area contributed by atoms with Gasteiger partial charge in [-0.3, -0.25) is 4.79 Å². The summed E-state index contributed by atoms with van der Waals surface area (Å²) >= 11 is 0. The molecule has 3 heterocycles. The largest absolute Gasteiger partial charge is 0.507 e. The molecular formula is C27H30O17. The molecule has 2 saturated heterocycles. The molecule has 0 saturated carbocycles. The first-order valence-electron chi connectivity index (χ1n) is 13.2. The lowest BCUT2D eigenvalue weighted by Crippen LogP contribution is -2.60. The number of phenols is 3. The van der Waals surface area contributed by atoms with Gasteiger partial charge in [-0.05, 0) is 18.2 Å². The Labute approximate surface area is 246 Å². The van der Waals surface area contributed by atoms with Gasteiger partial charge in [-0.25, -0.2) is 0 Å². The molecule has 2 aromatic carbocycles. The van der Waals surface area contributed by atoms with E-state index in [1.165, 1.54) is 6.07 Å². The standard InChI is InChI=1S/C27H30O17/c28-6-14-17(33)20(36)22(38)26(42-14)40-9-4-12(32)16-13(5-9)41-24(8-1-2-10(30)11(31)3-8)25(19(16)35)44-27-23(39)21(37)18(34)15(7-29)43-27/h1-5,14-15,17-18,20-23,26-34,36-39H,6-7H2/t14-,15+,17+,18-,20-,21-,22+,23+,26+,27-/m0/s1. The van der Waals surface area contributed by atoms with Crippen molar-refractivity contribution in [3.05, 3.63) is 40.6 Å². The van der Waals surface area contributed by atoms with Crippen LogP contribution in [0.15, 0.2) is 39.5 Å². The van der Waals surface area contributed by atoms with Crippen molar-refractivity contribution >= 4 is 11.0 Å². The topological polar surface area (TPSA) is 290 Å². The summed E-state index contributed by atoms with van der Waals surface area (Å²) in [6.45, 7) is -1.53. The molecule has 10 atom stereocenters. The van der Waals surface area contributed by atoms with Crippen molar-refractivity contribution in [3.63, 3.8) is 0 Å². The Kier molecular flexibility index (Phi) is 8.87. The molecule has 0 amide bonds. The maximum atomic E-state index is 13.7. The van der Waals surface area contributed by atoms with Crippen LogP contribution in [0.3, 0.4) is 0 Å². The van der Waals surface area contributed by atoms with Gasteiger partial charge < -0.3 is 79.5 Å². The lowest BCUT2D eigenvalue weighted by Gasteiger charge is -2.39. The zero-order valence-electron chi connectivity index (χ0n) is 22.4. The third kappa shape index (κ3) is 5.61. The third-order valence-electron chi connectivity index (χ3n) is 7.33. The zero-order valence-corrected chi connectivity index (χ0v) is 22.4. The molecular weight excluding hydrogens is 596 g/mol. The normalized spacial score (nSPS) is 32.5. The Morgan fingerprint density at radius 2 is 1.23 bits per heavy atom. The van der Waals surface area contributed by atoms with E-state index < -0.39 is 114 Å². The molecule has 17 heteroatoms. The first-order chi connectivity index (χ1) is 20.9. The highest BCUT2D eigenvalue weighted by Gasteiger charge is 2.46. The fraction of sp³-hybridized carbons (Fsp3) is 0.444. The Morgan fingerprint density at radius 3 is 1.77 bits per heavy atom. The van der Waals surface area contributed by atoms with E-state index >= 15 is 0 Å². The Morgan fingerprint density at radius 1 is 0.659 bits per heavy atom. The van der Waals surface area contributed by atoms with Crippen LogP contribution in [0.25, 0.3) is 22.3 Å². The van der Waals surface area contributed by atoms with Gasteiger partial charge in [0.05, 0.1) is 13.2 Å². The van der Waals surface area contributed by atoms with Crippen LogP contribution >= 0.6 is 0 Å². The summed E-state index contributed by atoms with van der Waals surface area (Å²) in [7, 11) is 0. The lowest BCUT2D eigenvalue weighted by atomic mass is 9.99. The summed E-state index contributed by atoms with van der Waals surface area (Å²) in [6, 6.07) is 5.27. The first kappa shape index (κ1) is 31.7. The number of fused-ring (bicyclic) bond motifs is 1. The van der Waals surface area contributed by atoms with Crippen molar-refractivity contribution < 1.29 is 79.5 Å². The predicted molar refractivity (Wildman–Crippen MR) is 142 cm³/mol. The van der Waals surface area contributed by atoms with Gasteiger partial charge in [0.25, 0.3) is 0 Å². The van der Waals surface area contributed by atoms with Crippen molar-refractivity contribution in [2.75, 3.05) is 13.2 Å². The van der Waals surface area contributed by atoms with Gasteiger partial charge in [0.2, 0.25) is 23.8 Å². The molecule has 1 aromatic heterocycles. The van der Waals surface area contributed by atoms with E-state index in [-0.39, 0.29) is 16.9 Å². The first-order valence-corrected chi connectivity index (χ1v) is 13.2. The van der Waals surface area contributed by atoms with E-state index in [9.17, 15) is 61.0 Å². The number of ether oxygens (including phenoxy) is 4. The fourth-order valence-electron chi connectivity index (χ4n) is 4.87. The number of hydrogen-bond donors (Lipinski definition) is 11. The monoisotopic (exact) mass is 626 g/mol. The molecule has 0 unspecified atom stereocenters. The van der Waals surface area contributed by atoms with Crippen LogP contribution in [0.5, 0.6) is 28.7 Å². The molecule has 0 radical (unpaired) electrons. The Hall–Kier alpha value is -3.75. The molecule has 0 spiro atoms. The number of benzene rings is 2. The summed E-state index contributed by atoms with van der Waals surface area (Å²) in [5, 5.41) is 110. The minimum atomic E-state index is -1.94. The van der Waals surface area contributed by atoms with Crippen LogP contribution in [-0.2, 0) is 9.47 Å². The number of rotatable bonds is 7. The fourth-order valence-corrected chi connectivity index (χ4v) is 4.87. The van der Waals surface area contributed by atoms with Crippen molar-refractivity contribution in [1.29, 1.82) is 0 Å². The predicted octanol–water partition coefficient (Wildman–Crippen LogP) is -3.07. The molecule has 2 aliphatic heterocycles. The van der Waals surface area contributed by atoms with Crippen LogP contribution < -0.4 is 14.9 Å². The van der Waals surface area contributed by atoms with E-state index in [1.807, 2.05) is 0 Å². The highest BCUT2D eigenvalue weighted by Crippen LogP contribution is 2.40. The summed E-state index contributed by atoms with van der Waals surface area (Å²) in [5.74, 6) is -3.35. The van der Waals surface area contributed by atoms with Crippen molar-refractivity contribution in [3.8, 4) is 40.1 Å². The average Bonchev–Trinajstić information content (AvgIpc) is 2.99. The lowest BCUT2D eigenvalue weighted by molar-refractivity contribution is -0.277. The van der Waals surface area contributed by atoms with Gasteiger partial charge in [0.1, 0.15) is 71.3 Å². The van der Waals surface area contributed by atoms with Gasteiger partial charge in [-0.2, -0.15) is 0 Å². The second kappa shape index (κ2) is 12.3. The van der Waals surface area contributed by atoms with Crippen molar-refractivity contribution in [2.24, 2.45) is 0 Å². The quantitative estimate of drug-likeness (QED) is 0.116. The van der Waals surface area contributed by atoms with Crippen LogP contribution in [-0.4, -0.2) is 131 Å². The van der Waals surface area contributed by atoms with Gasteiger partial charge in [-0.15, -0.1) is 0 Å². The van der Waals surface area contributed by atoms with Gasteiger partial charge >= 0.3 is 0 Å². The van der Waals surface area contributed by atoms with Crippen LogP contribution in [0, 0.1) is 0 Å². The maximum Gasteiger partial charge on any atom is 0.239 e. The van der Waals surface area contributed by atoms with Gasteiger partial charge in [-0.1, -0.05) is 0 Å². The van der Waals surface area contributed by atoms with E-state index in [2.05, 4.69) is 0 Å². The molecule has 5 rings (SSSR count). The van der Waals surface area contributed by atoms with E-state index in [0.717, 1.165) is 24.3 Å². The molecule has 2 fully saturated rings. The molecule has 2 aliphatic rings. The number of aromatic hydroxyl groups is 3. The minimum Gasteiger partial charge on any atom is -0.507 e. The third-order valence-corrected chi connectivity index (χ3v) is 7.33. The van der Waals surface area contributed by atoms with Crippen LogP contribution in [0.4, 0.5) is 0 Å². The number of hydrogen-bond acceptors (Lipinski definition) is 17. The number of phenolic OH excluding ortho intramolecular Hbond substituents is 3. The minimum absolute atomic E-state index is 0.0707. The SMILES string of the molecule is O=c1c(O[C@@H]2O[C@H](CO)[C@H](O)[C@H](O)[C@H]2O)c(-c2ccc(O)c(O)c2)oc2cc(O[C@@H]3O[C@@H](CO)[C@@H](O)[C@H](O)[C@H]3O)cc(O)c12. The molecule has 0 aliphatic carbocycles. The van der Waals surface area contributed by atoms with Crippen molar-refractivity contribution in [2.45, 2.75) is 61.4 Å². The smallest absolute Gasteiger partial charge is 0.239 e. The zero-order chi connectivity index (χ0) is 32.0. The summed E-state index contributed by atoms with van der Waals surface area (Å²) < 4.78 is 27.6. The number of aliphatic hydroxyl groups excluding tert-OH is 8. The Balaban J connectivity index is 1.60. The Bertz CT molecular complexity index is 1550. The molecule has 0 bridgehead atoms. The second-order valence-corrected chi connectivity index (χ2v) is 10.2. The van der Waals surface area contributed by atoms with Gasteiger partial charge in [0, 0.05) is 17.7 Å². The molecule has 11 N–H and O–H groups in total. The molecule has 17 nitrogen and oxygen atoms in total. The van der Waals surface area contributed by atoms with Crippen molar-refractivity contribution in [1.82, 2.24) is 0 Å². The maximum absolute atomic E-state index is 13.7. The van der Waals surface area contributed by atoms with Crippen LogP contribution in [0.2, 0.25) is 0 Å². The van der Waals surface area contributed by atoms with E-state index in [1.54, 1.807) is 0 Å². The van der Waals surface area contributed by atoms with Gasteiger partial charge in [0.15, 0.2) is 17.3 Å². The molecule has 3 aromatic rings. The van der Waals surface area contributed by atoms with E-state index in [0.29, 0.717) is 0 Å². The summed E-state index contributed by atoms with van der Waals surface area (Å²) in [4.78, 5) is 13.7. The summed E-state index contributed by atoms with van der Waals surface area (Å²) in [6.07, 6.45) is -17.0. The highest BCUT2D eigenvalue weighted by molar-refractivity contribution is 5.88. The molecule has 44 heavy (non-hydrogen) atoms. The second-order valence-electron chi connectivity index (χ2n) is 10.2. The average molecular weight is 627 g/mol. The van der Waals surface area contributed by atoms with Crippen LogP contribution in [0.1, 0.15) is 0 Å². The number of aliphatic hydroxyl groups is 8. The molecule has 240 valence electrons. The summed E-state index contributed by atoms with van der Waals surface area (Å²) in [5.41, 5.74) is -1.50.